The molecule has 0 unspecified atom stereocenters. The van der Waals surface area contributed by atoms with Crippen molar-refractivity contribution in [3.8, 4) is 5.75 Å². The fraction of sp³-hybridized carbons (Fsp3) is 0.375. The third kappa shape index (κ3) is 8.96. The molecule has 0 radical (unpaired) electrons. The van der Waals surface area contributed by atoms with Crippen LogP contribution in [0.4, 0.5) is 10.1 Å². The van der Waals surface area contributed by atoms with Gasteiger partial charge in [-0.3, -0.25) is 13.9 Å². The minimum absolute atomic E-state index is 0.00880. The molecule has 1 N–H and O–H groups in total. The highest BCUT2D eigenvalue weighted by Crippen LogP contribution is 2.28. The summed E-state index contributed by atoms with van der Waals surface area (Å²) >= 11 is 1.48. The number of amides is 2. The van der Waals surface area contributed by atoms with Gasteiger partial charge in [-0.25, -0.2) is 12.8 Å². The van der Waals surface area contributed by atoms with Gasteiger partial charge in [-0.15, -0.1) is 11.8 Å². The summed E-state index contributed by atoms with van der Waals surface area (Å²) < 4.78 is 48.3. The molecule has 3 aromatic rings. The molecule has 11 heteroatoms. The molecule has 0 aliphatic heterocycles. The summed E-state index contributed by atoms with van der Waals surface area (Å²) in [7, 11) is -4.20. The lowest BCUT2D eigenvalue weighted by Crippen LogP contribution is -2.53. The maximum absolute atomic E-state index is 14.1. The van der Waals surface area contributed by atoms with Crippen molar-refractivity contribution in [3.63, 3.8) is 0 Å². The number of sulfonamides is 1. The van der Waals surface area contributed by atoms with Crippen molar-refractivity contribution in [2.24, 2.45) is 0 Å². The Kier molecular flexibility index (Phi) is 12.4. The van der Waals surface area contributed by atoms with E-state index in [2.05, 4.69) is 5.32 Å². The van der Waals surface area contributed by atoms with E-state index in [9.17, 15) is 22.4 Å². The molecule has 3 rings (SSSR count). The molecule has 0 saturated carbocycles. The van der Waals surface area contributed by atoms with Crippen LogP contribution in [0.1, 0.15) is 46.1 Å². The van der Waals surface area contributed by atoms with E-state index in [0.717, 1.165) is 9.20 Å². The molecule has 3 aromatic carbocycles. The zero-order valence-corrected chi connectivity index (χ0v) is 26.9. The van der Waals surface area contributed by atoms with Gasteiger partial charge in [0.05, 0.1) is 17.2 Å². The van der Waals surface area contributed by atoms with E-state index in [1.165, 1.54) is 40.9 Å². The third-order valence-corrected chi connectivity index (χ3v) is 9.55. The van der Waals surface area contributed by atoms with Crippen LogP contribution in [0, 0.1) is 5.82 Å². The molecule has 2 amide bonds. The molecule has 0 aliphatic carbocycles. The van der Waals surface area contributed by atoms with Gasteiger partial charge in [-0.2, -0.15) is 0 Å². The first-order chi connectivity index (χ1) is 20.5. The highest BCUT2D eigenvalue weighted by atomic mass is 32.2. The number of anilines is 1. The summed E-state index contributed by atoms with van der Waals surface area (Å²) in [5, 5.41) is 2.94. The van der Waals surface area contributed by atoms with Crippen LogP contribution in [0.3, 0.4) is 0 Å². The SMILES string of the molecule is CCOc1ccc(N(CC(=O)N(Cc2ccc(F)cc2)[C@@H](CC)C(=O)N[C@@H](C)CC)S(=O)(=O)c2ccc(SC)cc2)cc1. The summed E-state index contributed by atoms with van der Waals surface area (Å²) in [5.41, 5.74) is 0.872. The van der Waals surface area contributed by atoms with Gasteiger partial charge in [0.25, 0.3) is 10.0 Å². The molecule has 0 saturated heterocycles. The lowest BCUT2D eigenvalue weighted by molar-refractivity contribution is -0.140. The summed E-state index contributed by atoms with van der Waals surface area (Å²) in [6, 6.07) is 17.6. The topological polar surface area (TPSA) is 96.0 Å². The quantitative estimate of drug-likeness (QED) is 0.212. The van der Waals surface area contributed by atoms with Gasteiger partial charge < -0.3 is 15.0 Å². The van der Waals surface area contributed by atoms with Gasteiger partial charge in [0, 0.05) is 17.5 Å². The maximum Gasteiger partial charge on any atom is 0.264 e. The molecular weight excluding hydrogens is 590 g/mol. The molecule has 0 spiro atoms. The molecule has 8 nitrogen and oxygen atoms in total. The van der Waals surface area contributed by atoms with Crippen LogP contribution in [0.15, 0.2) is 82.6 Å². The van der Waals surface area contributed by atoms with E-state index in [0.29, 0.717) is 30.8 Å². The van der Waals surface area contributed by atoms with Crippen molar-refractivity contribution in [2.75, 3.05) is 23.7 Å². The average molecular weight is 630 g/mol. The first-order valence-corrected chi connectivity index (χ1v) is 16.9. The predicted octanol–water partition coefficient (Wildman–Crippen LogP) is 5.86. The number of nitrogens with one attached hydrogen (secondary N) is 1. The summed E-state index contributed by atoms with van der Waals surface area (Å²) in [5.74, 6) is -0.780. The van der Waals surface area contributed by atoms with Gasteiger partial charge in [-0.1, -0.05) is 26.0 Å². The average Bonchev–Trinajstić information content (AvgIpc) is 3.01. The first-order valence-electron chi connectivity index (χ1n) is 14.3. The Morgan fingerprint density at radius 2 is 1.56 bits per heavy atom. The van der Waals surface area contributed by atoms with E-state index in [4.69, 9.17) is 4.74 Å². The highest BCUT2D eigenvalue weighted by Gasteiger charge is 2.34. The largest absolute Gasteiger partial charge is 0.494 e. The number of halogens is 1. The summed E-state index contributed by atoms with van der Waals surface area (Å²) in [6.45, 7) is 7.33. The third-order valence-electron chi connectivity index (χ3n) is 7.02. The second kappa shape index (κ2) is 15.8. The summed E-state index contributed by atoms with van der Waals surface area (Å²) in [6.07, 6.45) is 2.89. The van der Waals surface area contributed by atoms with Crippen LogP contribution in [0.25, 0.3) is 0 Å². The van der Waals surface area contributed by atoms with Crippen molar-refractivity contribution in [1.29, 1.82) is 0 Å². The number of hydrogen-bond donors (Lipinski definition) is 1. The first kappa shape index (κ1) is 33.9. The Hall–Kier alpha value is -3.57. The molecule has 0 fully saturated rings. The van der Waals surface area contributed by atoms with Gasteiger partial charge in [0.1, 0.15) is 24.2 Å². The molecule has 43 heavy (non-hydrogen) atoms. The van der Waals surface area contributed by atoms with Gasteiger partial charge in [0.2, 0.25) is 11.8 Å². The van der Waals surface area contributed by atoms with Crippen LogP contribution < -0.4 is 14.4 Å². The van der Waals surface area contributed by atoms with Crippen molar-refractivity contribution >= 4 is 39.3 Å². The van der Waals surface area contributed by atoms with E-state index >= 15 is 0 Å². The number of benzene rings is 3. The van der Waals surface area contributed by atoms with Crippen LogP contribution in [-0.4, -0.2) is 56.6 Å². The highest BCUT2D eigenvalue weighted by molar-refractivity contribution is 7.98. The van der Waals surface area contributed by atoms with E-state index < -0.39 is 34.3 Å². The van der Waals surface area contributed by atoms with Gasteiger partial charge >= 0.3 is 0 Å². The Labute approximate surface area is 258 Å². The second-order valence-electron chi connectivity index (χ2n) is 10.0. The molecule has 232 valence electrons. The Morgan fingerprint density at radius 1 is 0.930 bits per heavy atom. The lowest BCUT2D eigenvalue weighted by atomic mass is 10.1. The van der Waals surface area contributed by atoms with Crippen molar-refractivity contribution in [2.45, 2.75) is 69.0 Å². The van der Waals surface area contributed by atoms with E-state index in [1.807, 2.05) is 27.0 Å². The minimum Gasteiger partial charge on any atom is -0.494 e. The Bertz CT molecular complexity index is 1450. The minimum atomic E-state index is -4.20. The molecule has 0 aromatic heterocycles. The normalized spacial score (nSPS) is 12.7. The Balaban J connectivity index is 2.06. The number of rotatable bonds is 15. The van der Waals surface area contributed by atoms with Crippen LogP contribution >= 0.6 is 11.8 Å². The zero-order valence-electron chi connectivity index (χ0n) is 25.2. The number of carbonyl (C=O) groups is 2. The Morgan fingerprint density at radius 3 is 2.09 bits per heavy atom. The second-order valence-corrected chi connectivity index (χ2v) is 12.7. The molecule has 0 heterocycles. The zero-order chi connectivity index (χ0) is 31.6. The van der Waals surface area contributed by atoms with Crippen molar-refractivity contribution in [3.05, 3.63) is 84.2 Å². The van der Waals surface area contributed by atoms with Gasteiger partial charge in [0.15, 0.2) is 0 Å². The monoisotopic (exact) mass is 629 g/mol. The molecule has 2 atom stereocenters. The molecule has 0 aliphatic rings. The standard InChI is InChI=1S/C32H40FN3O5S2/c1-6-23(4)34-32(38)30(7-2)35(21-24-9-11-25(33)12-10-24)31(37)22-36(26-13-15-27(16-14-26)41-8-3)43(39,40)29-19-17-28(42-5)18-20-29/h9-20,23,30H,6-8,21-22H2,1-5H3,(H,34,38)/t23-,30-/m0/s1. The van der Waals surface area contributed by atoms with Crippen LogP contribution in [-0.2, 0) is 26.2 Å². The lowest BCUT2D eigenvalue weighted by Gasteiger charge is -2.33. The number of hydrogen-bond acceptors (Lipinski definition) is 6. The smallest absolute Gasteiger partial charge is 0.264 e. The van der Waals surface area contributed by atoms with Gasteiger partial charge in [-0.05, 0) is 99.2 Å². The number of thioether (sulfide) groups is 1. The predicted molar refractivity (Wildman–Crippen MR) is 169 cm³/mol. The van der Waals surface area contributed by atoms with E-state index in [1.54, 1.807) is 55.5 Å². The number of carbonyl (C=O) groups excluding carboxylic acids is 2. The number of nitrogens with zero attached hydrogens (tertiary/aromatic N) is 2. The van der Waals surface area contributed by atoms with Crippen LogP contribution in [0.5, 0.6) is 5.75 Å². The van der Waals surface area contributed by atoms with Crippen molar-refractivity contribution < 1.29 is 27.1 Å². The van der Waals surface area contributed by atoms with E-state index in [-0.39, 0.29) is 29.1 Å². The van der Waals surface area contributed by atoms with Crippen LogP contribution in [0.2, 0.25) is 0 Å². The summed E-state index contributed by atoms with van der Waals surface area (Å²) in [4.78, 5) is 29.8. The number of ether oxygens (including phenoxy) is 1. The molecular formula is C32H40FN3O5S2. The van der Waals surface area contributed by atoms with Crippen molar-refractivity contribution in [1.82, 2.24) is 10.2 Å². The maximum atomic E-state index is 14.1. The molecule has 0 bridgehead atoms. The fourth-order valence-corrected chi connectivity index (χ4v) is 6.25. The fourth-order valence-electron chi connectivity index (χ4n) is 4.43.